The second kappa shape index (κ2) is 5.60. The molecule has 3 rings (SSSR count). The molecule has 110 valence electrons. The van der Waals surface area contributed by atoms with Crippen molar-refractivity contribution in [3.63, 3.8) is 0 Å². The van der Waals surface area contributed by atoms with Gasteiger partial charge in [0.25, 0.3) is 0 Å². The summed E-state index contributed by atoms with van der Waals surface area (Å²) in [5, 5.41) is 3.31. The number of ether oxygens (including phenoxy) is 1. The molecule has 0 aliphatic carbocycles. The predicted octanol–water partition coefficient (Wildman–Crippen LogP) is 2.13. The molecule has 21 heavy (non-hydrogen) atoms. The van der Waals surface area contributed by atoms with E-state index in [1.807, 2.05) is 42.5 Å². The number of hydrogen-bond donors (Lipinski definition) is 1. The lowest BCUT2D eigenvalue weighted by molar-refractivity contribution is 0.161. The number of sulfone groups is 1. The maximum atomic E-state index is 12.7. The van der Waals surface area contributed by atoms with Gasteiger partial charge >= 0.3 is 0 Å². The van der Waals surface area contributed by atoms with E-state index in [1.54, 1.807) is 12.1 Å². The van der Waals surface area contributed by atoms with Crippen LogP contribution in [0.5, 0.6) is 0 Å². The molecule has 2 atom stereocenters. The van der Waals surface area contributed by atoms with Crippen LogP contribution in [-0.2, 0) is 14.6 Å². The van der Waals surface area contributed by atoms with Gasteiger partial charge in [-0.3, -0.25) is 0 Å². The Morgan fingerprint density at radius 2 is 1.71 bits per heavy atom. The topological polar surface area (TPSA) is 55.4 Å². The van der Waals surface area contributed by atoms with Crippen molar-refractivity contribution in [1.82, 2.24) is 5.32 Å². The lowest BCUT2D eigenvalue weighted by Gasteiger charge is -2.18. The van der Waals surface area contributed by atoms with Crippen molar-refractivity contribution >= 4 is 9.84 Å². The van der Waals surface area contributed by atoms with Crippen LogP contribution >= 0.6 is 0 Å². The zero-order valence-corrected chi connectivity index (χ0v) is 12.5. The largest absolute Gasteiger partial charge is 0.364 e. The van der Waals surface area contributed by atoms with Gasteiger partial charge in [0.05, 0.1) is 10.9 Å². The van der Waals surface area contributed by atoms with Crippen LogP contribution in [0.4, 0.5) is 0 Å². The average Bonchev–Trinajstić information content (AvgIpc) is 2.63. The number of nitrogens with one attached hydrogen (secondary N) is 1. The monoisotopic (exact) mass is 303 g/mol. The second-order valence-corrected chi connectivity index (χ2v) is 7.06. The molecule has 1 aliphatic rings. The Hall–Kier alpha value is -1.69. The Morgan fingerprint density at radius 3 is 2.43 bits per heavy atom. The van der Waals surface area contributed by atoms with Crippen LogP contribution in [0.2, 0.25) is 0 Å². The lowest BCUT2D eigenvalue weighted by atomic mass is 9.99. The first-order chi connectivity index (χ1) is 10.1. The quantitative estimate of drug-likeness (QED) is 0.923. The smallest absolute Gasteiger partial charge is 0.206 e. The van der Waals surface area contributed by atoms with Crippen LogP contribution in [0.15, 0.2) is 59.5 Å². The molecular formula is C16H17NO3S. The van der Waals surface area contributed by atoms with Crippen molar-refractivity contribution < 1.29 is 13.2 Å². The molecule has 0 saturated carbocycles. The third-order valence-corrected chi connectivity index (χ3v) is 5.80. The molecule has 0 fully saturated rings. The minimum atomic E-state index is -3.50. The molecule has 4 nitrogen and oxygen atoms in total. The highest BCUT2D eigenvalue weighted by Crippen LogP contribution is 2.32. The molecule has 0 saturated heterocycles. The van der Waals surface area contributed by atoms with Crippen molar-refractivity contribution in [1.29, 1.82) is 0 Å². The minimum Gasteiger partial charge on any atom is -0.364 e. The fourth-order valence-electron chi connectivity index (χ4n) is 2.71. The molecule has 1 aliphatic heterocycles. The Bertz CT molecular complexity index is 728. The average molecular weight is 303 g/mol. The summed E-state index contributed by atoms with van der Waals surface area (Å²) in [5.41, 5.74) is 0.938. The molecule has 0 bridgehead atoms. The van der Waals surface area contributed by atoms with Gasteiger partial charge in [0, 0.05) is 13.7 Å². The molecule has 0 aromatic heterocycles. The third-order valence-electron chi connectivity index (χ3n) is 3.77. The number of rotatable bonds is 2. The summed E-state index contributed by atoms with van der Waals surface area (Å²) in [7, 11) is -2.07. The van der Waals surface area contributed by atoms with E-state index in [9.17, 15) is 8.42 Å². The van der Waals surface area contributed by atoms with E-state index in [-0.39, 0.29) is 12.6 Å². The Labute approximate surface area is 124 Å². The number of hydrogen-bond acceptors (Lipinski definition) is 4. The van der Waals surface area contributed by atoms with Crippen molar-refractivity contribution in [2.75, 3.05) is 13.7 Å². The van der Waals surface area contributed by atoms with Gasteiger partial charge in [0.1, 0.15) is 0 Å². The van der Waals surface area contributed by atoms with E-state index in [4.69, 9.17) is 4.74 Å². The van der Waals surface area contributed by atoms with Crippen LogP contribution < -0.4 is 5.32 Å². The Balaban J connectivity index is 2.18. The molecule has 2 aromatic rings. The Kier molecular flexibility index (Phi) is 3.80. The standard InChI is InChI=1S/C16H17NO3S/c1-20-15-11-17-16(12-7-3-2-4-8-12)13-9-5-6-10-14(13)21(15,18)19/h2-10,15-17H,11H2,1H3. The molecular weight excluding hydrogens is 286 g/mol. The van der Waals surface area contributed by atoms with Crippen LogP contribution in [-0.4, -0.2) is 27.5 Å². The van der Waals surface area contributed by atoms with Gasteiger partial charge in [-0.15, -0.1) is 0 Å². The SMILES string of the molecule is COC1CNC(c2ccccc2)c2ccccc2S1(=O)=O. The lowest BCUT2D eigenvalue weighted by Crippen LogP contribution is -2.33. The molecule has 2 aromatic carbocycles. The van der Waals surface area contributed by atoms with Crippen molar-refractivity contribution in [3.8, 4) is 0 Å². The van der Waals surface area contributed by atoms with Crippen LogP contribution in [0.1, 0.15) is 17.2 Å². The highest BCUT2D eigenvalue weighted by Gasteiger charge is 2.35. The van der Waals surface area contributed by atoms with E-state index >= 15 is 0 Å². The van der Waals surface area contributed by atoms with E-state index in [0.29, 0.717) is 4.90 Å². The molecule has 2 unspecified atom stereocenters. The summed E-state index contributed by atoms with van der Waals surface area (Å²) >= 11 is 0. The van der Waals surface area contributed by atoms with Gasteiger partial charge in [0.15, 0.2) is 5.44 Å². The summed E-state index contributed by atoms with van der Waals surface area (Å²) in [6.45, 7) is 0.257. The van der Waals surface area contributed by atoms with Crippen molar-refractivity contribution in [2.24, 2.45) is 0 Å². The zero-order chi connectivity index (χ0) is 14.9. The summed E-state index contributed by atoms with van der Waals surface area (Å²) in [6, 6.07) is 16.8. The first kappa shape index (κ1) is 14.3. The van der Waals surface area contributed by atoms with Gasteiger partial charge in [0.2, 0.25) is 9.84 Å². The third kappa shape index (κ3) is 2.48. The molecule has 0 spiro atoms. The Morgan fingerprint density at radius 1 is 1.05 bits per heavy atom. The molecule has 0 radical (unpaired) electrons. The maximum Gasteiger partial charge on any atom is 0.206 e. The van der Waals surface area contributed by atoms with Gasteiger partial charge in [-0.25, -0.2) is 8.42 Å². The van der Waals surface area contributed by atoms with Crippen LogP contribution in [0.3, 0.4) is 0 Å². The zero-order valence-electron chi connectivity index (χ0n) is 11.7. The maximum absolute atomic E-state index is 12.7. The van der Waals surface area contributed by atoms with Gasteiger partial charge in [-0.1, -0.05) is 48.5 Å². The molecule has 0 amide bonds. The fraction of sp³-hybridized carbons (Fsp3) is 0.250. The summed E-state index contributed by atoms with van der Waals surface area (Å²) in [5.74, 6) is 0. The van der Waals surface area contributed by atoms with E-state index < -0.39 is 15.3 Å². The summed E-state index contributed by atoms with van der Waals surface area (Å²) in [6.07, 6.45) is 0. The summed E-state index contributed by atoms with van der Waals surface area (Å²) < 4.78 is 30.5. The van der Waals surface area contributed by atoms with Gasteiger partial charge in [-0.05, 0) is 17.2 Å². The predicted molar refractivity (Wildman–Crippen MR) is 80.7 cm³/mol. The highest BCUT2D eigenvalue weighted by molar-refractivity contribution is 7.92. The number of methoxy groups -OCH3 is 1. The van der Waals surface area contributed by atoms with Crippen LogP contribution in [0, 0.1) is 0 Å². The molecule has 1 heterocycles. The molecule has 1 N–H and O–H groups in total. The molecule has 5 heteroatoms. The normalized spacial score (nSPS) is 24.0. The highest BCUT2D eigenvalue weighted by atomic mass is 32.2. The van der Waals surface area contributed by atoms with Gasteiger partial charge < -0.3 is 10.1 Å². The van der Waals surface area contributed by atoms with Crippen molar-refractivity contribution in [3.05, 3.63) is 65.7 Å². The minimum absolute atomic E-state index is 0.155. The summed E-state index contributed by atoms with van der Waals surface area (Å²) in [4.78, 5) is 0.343. The number of benzene rings is 2. The second-order valence-electron chi connectivity index (χ2n) is 5.00. The number of fused-ring (bicyclic) bond motifs is 1. The van der Waals surface area contributed by atoms with Gasteiger partial charge in [-0.2, -0.15) is 0 Å². The van der Waals surface area contributed by atoms with Crippen LogP contribution in [0.25, 0.3) is 0 Å². The van der Waals surface area contributed by atoms with E-state index in [2.05, 4.69) is 5.32 Å². The fourth-order valence-corrected chi connectivity index (χ4v) is 4.34. The van der Waals surface area contributed by atoms with E-state index in [1.165, 1.54) is 7.11 Å². The first-order valence-corrected chi connectivity index (χ1v) is 8.33. The van der Waals surface area contributed by atoms with Crippen molar-refractivity contribution in [2.45, 2.75) is 16.4 Å². The first-order valence-electron chi connectivity index (χ1n) is 6.78. The van der Waals surface area contributed by atoms with E-state index in [0.717, 1.165) is 11.1 Å².